The van der Waals surface area contributed by atoms with Crippen molar-refractivity contribution in [2.75, 3.05) is 13.7 Å². The molecule has 0 aliphatic carbocycles. The number of carboxylic acids is 1. The van der Waals surface area contributed by atoms with Crippen LogP contribution in [-0.4, -0.2) is 36.6 Å². The number of methoxy groups -OCH3 is 1. The summed E-state index contributed by atoms with van der Waals surface area (Å²) in [7, 11) is 1.59. The van der Waals surface area contributed by atoms with Gasteiger partial charge in [0.25, 0.3) is 0 Å². The van der Waals surface area contributed by atoms with E-state index in [9.17, 15) is 4.79 Å². The summed E-state index contributed by atoms with van der Waals surface area (Å²) in [5.74, 6) is 0.439. The van der Waals surface area contributed by atoms with Crippen LogP contribution in [0, 0.1) is 0 Å². The molecule has 1 heterocycles. The summed E-state index contributed by atoms with van der Waals surface area (Å²) in [6.45, 7) is 0.266. The lowest BCUT2D eigenvalue weighted by molar-refractivity contribution is -0.138. The van der Waals surface area contributed by atoms with Gasteiger partial charge in [-0.05, 0) is 12.1 Å². The zero-order valence-electron chi connectivity index (χ0n) is 8.80. The maximum atomic E-state index is 10.7. The number of ether oxygens (including phenoxy) is 1. The van der Waals surface area contributed by atoms with Crippen molar-refractivity contribution in [2.24, 2.45) is 4.99 Å². The minimum Gasteiger partial charge on any atom is -0.497 e. The first-order valence-corrected chi connectivity index (χ1v) is 4.89. The Morgan fingerprint density at radius 3 is 3.06 bits per heavy atom. The molecule has 0 spiro atoms. The lowest BCUT2D eigenvalue weighted by atomic mass is 10.2. The second-order valence-electron chi connectivity index (χ2n) is 3.46. The van der Waals surface area contributed by atoms with Gasteiger partial charge >= 0.3 is 5.97 Å². The van der Waals surface area contributed by atoms with Crippen LogP contribution in [0.15, 0.2) is 29.3 Å². The van der Waals surface area contributed by atoms with Crippen molar-refractivity contribution in [1.29, 1.82) is 0 Å². The molecule has 1 aliphatic rings. The lowest BCUT2D eigenvalue weighted by Crippen LogP contribution is -2.37. The summed E-state index contributed by atoms with van der Waals surface area (Å²) in [4.78, 5) is 14.9. The second-order valence-corrected chi connectivity index (χ2v) is 3.46. The molecule has 16 heavy (non-hydrogen) atoms. The van der Waals surface area contributed by atoms with Gasteiger partial charge in [-0.2, -0.15) is 0 Å². The Bertz CT molecular complexity index is 443. The number of amidine groups is 1. The summed E-state index contributed by atoms with van der Waals surface area (Å²) in [5, 5.41) is 11.7. The first-order chi connectivity index (χ1) is 7.70. The minimum absolute atomic E-state index is 0.266. The van der Waals surface area contributed by atoms with Gasteiger partial charge in [-0.15, -0.1) is 0 Å². The number of aliphatic imine (C=N–C) groups is 1. The molecule has 0 aromatic heterocycles. The molecule has 5 nitrogen and oxygen atoms in total. The number of hydrogen-bond donors (Lipinski definition) is 2. The van der Waals surface area contributed by atoms with E-state index in [0.717, 1.165) is 11.3 Å². The molecule has 1 aromatic rings. The number of nitrogens with zero attached hydrogens (tertiary/aromatic N) is 1. The number of nitrogens with one attached hydrogen (secondary N) is 1. The molecule has 1 atom stereocenters. The number of benzene rings is 1. The molecule has 1 aliphatic heterocycles. The molecule has 0 bridgehead atoms. The third-order valence-corrected chi connectivity index (χ3v) is 2.38. The van der Waals surface area contributed by atoms with Crippen LogP contribution in [-0.2, 0) is 4.79 Å². The van der Waals surface area contributed by atoms with Gasteiger partial charge in [-0.1, -0.05) is 12.1 Å². The van der Waals surface area contributed by atoms with E-state index < -0.39 is 12.0 Å². The number of hydrogen-bond acceptors (Lipinski definition) is 4. The zero-order valence-corrected chi connectivity index (χ0v) is 8.80. The highest BCUT2D eigenvalue weighted by molar-refractivity contribution is 6.02. The highest BCUT2D eigenvalue weighted by atomic mass is 16.5. The molecule has 84 valence electrons. The summed E-state index contributed by atoms with van der Waals surface area (Å²) in [5.41, 5.74) is 0.836. The van der Waals surface area contributed by atoms with Gasteiger partial charge in [0.1, 0.15) is 17.6 Å². The maximum absolute atomic E-state index is 10.7. The Balaban J connectivity index is 2.17. The smallest absolute Gasteiger partial charge is 0.328 e. The van der Waals surface area contributed by atoms with E-state index in [0.29, 0.717) is 5.84 Å². The van der Waals surface area contributed by atoms with E-state index in [4.69, 9.17) is 9.84 Å². The van der Waals surface area contributed by atoms with Crippen molar-refractivity contribution in [2.45, 2.75) is 6.04 Å². The largest absolute Gasteiger partial charge is 0.497 e. The molecule has 5 heteroatoms. The fraction of sp³-hybridized carbons (Fsp3) is 0.273. The van der Waals surface area contributed by atoms with Crippen molar-refractivity contribution in [3.05, 3.63) is 29.8 Å². The molecule has 1 aromatic carbocycles. The van der Waals surface area contributed by atoms with Crippen molar-refractivity contribution in [3.63, 3.8) is 0 Å². The highest BCUT2D eigenvalue weighted by Crippen LogP contribution is 2.14. The molecule has 2 rings (SSSR count). The number of carbonyl (C=O) groups is 1. The molecule has 1 unspecified atom stereocenters. The van der Waals surface area contributed by atoms with Crippen LogP contribution in [0.5, 0.6) is 5.75 Å². The molecule has 0 amide bonds. The fourth-order valence-electron chi connectivity index (χ4n) is 1.52. The molecular formula is C11H12N2O3. The molecule has 0 radical (unpaired) electrons. The van der Waals surface area contributed by atoms with E-state index in [1.54, 1.807) is 7.11 Å². The van der Waals surface area contributed by atoms with Gasteiger partial charge in [0.2, 0.25) is 0 Å². The van der Waals surface area contributed by atoms with Crippen LogP contribution in [0.4, 0.5) is 0 Å². The number of aliphatic carboxylic acids is 1. The summed E-state index contributed by atoms with van der Waals surface area (Å²) in [6.07, 6.45) is 0. The van der Waals surface area contributed by atoms with Gasteiger partial charge in [-0.3, -0.25) is 4.99 Å². The summed E-state index contributed by atoms with van der Waals surface area (Å²) >= 11 is 0. The molecule has 2 N–H and O–H groups in total. The van der Waals surface area contributed by atoms with E-state index in [1.165, 1.54) is 0 Å². The fourth-order valence-corrected chi connectivity index (χ4v) is 1.52. The van der Waals surface area contributed by atoms with Crippen LogP contribution in [0.25, 0.3) is 0 Å². The van der Waals surface area contributed by atoms with Crippen LogP contribution < -0.4 is 10.1 Å². The van der Waals surface area contributed by atoms with Crippen LogP contribution in [0.2, 0.25) is 0 Å². The molecule has 0 fully saturated rings. The topological polar surface area (TPSA) is 70.9 Å². The van der Waals surface area contributed by atoms with Gasteiger partial charge in [0.05, 0.1) is 13.7 Å². The van der Waals surface area contributed by atoms with Crippen LogP contribution in [0.3, 0.4) is 0 Å². The Kier molecular flexibility index (Phi) is 2.76. The van der Waals surface area contributed by atoms with Crippen molar-refractivity contribution in [1.82, 2.24) is 5.32 Å². The monoisotopic (exact) mass is 220 g/mol. The predicted octanol–water partition coefficient (Wildman–Crippen LogP) is 0.498. The van der Waals surface area contributed by atoms with Gasteiger partial charge in [0.15, 0.2) is 0 Å². The third kappa shape index (κ3) is 1.98. The Morgan fingerprint density at radius 2 is 2.44 bits per heavy atom. The second kappa shape index (κ2) is 4.22. The first kappa shape index (κ1) is 10.5. The normalized spacial score (nSPS) is 18.8. The Hall–Kier alpha value is -2.04. The highest BCUT2D eigenvalue weighted by Gasteiger charge is 2.24. The number of rotatable bonds is 3. The van der Waals surface area contributed by atoms with Crippen LogP contribution in [0.1, 0.15) is 5.56 Å². The summed E-state index contributed by atoms with van der Waals surface area (Å²) < 4.78 is 5.09. The molecule has 0 saturated carbocycles. The maximum Gasteiger partial charge on any atom is 0.328 e. The van der Waals surface area contributed by atoms with Crippen LogP contribution >= 0.6 is 0 Å². The average molecular weight is 220 g/mol. The lowest BCUT2D eigenvalue weighted by Gasteiger charge is -2.07. The molecular weight excluding hydrogens is 208 g/mol. The number of carboxylic acid groups (broad SMARTS) is 1. The van der Waals surface area contributed by atoms with Gasteiger partial charge in [-0.25, -0.2) is 4.79 Å². The summed E-state index contributed by atoms with van der Waals surface area (Å²) in [6, 6.07) is 6.72. The Morgan fingerprint density at radius 1 is 1.62 bits per heavy atom. The SMILES string of the molecule is COc1cccc(C2=NCC(C(=O)O)N2)c1. The first-order valence-electron chi connectivity index (χ1n) is 4.89. The zero-order chi connectivity index (χ0) is 11.5. The standard InChI is InChI=1S/C11H12N2O3/c1-16-8-4-2-3-7(5-8)10-12-6-9(13-10)11(14)15/h2-5,9H,6H2,1H3,(H,12,13)(H,14,15). The van der Waals surface area contributed by atoms with E-state index in [1.807, 2.05) is 24.3 Å². The van der Waals surface area contributed by atoms with Crippen molar-refractivity contribution >= 4 is 11.8 Å². The average Bonchev–Trinajstić information content (AvgIpc) is 2.78. The molecule has 0 saturated heterocycles. The van der Waals surface area contributed by atoms with E-state index in [2.05, 4.69) is 10.3 Å². The van der Waals surface area contributed by atoms with E-state index in [-0.39, 0.29) is 6.54 Å². The third-order valence-electron chi connectivity index (χ3n) is 2.38. The van der Waals surface area contributed by atoms with Crippen molar-refractivity contribution in [3.8, 4) is 5.75 Å². The van der Waals surface area contributed by atoms with E-state index >= 15 is 0 Å². The quantitative estimate of drug-likeness (QED) is 0.778. The minimum atomic E-state index is -0.887. The van der Waals surface area contributed by atoms with Crippen molar-refractivity contribution < 1.29 is 14.6 Å². The Labute approximate surface area is 92.8 Å². The van der Waals surface area contributed by atoms with Gasteiger partial charge in [0, 0.05) is 5.56 Å². The predicted molar refractivity (Wildman–Crippen MR) is 59.0 cm³/mol. The van der Waals surface area contributed by atoms with Gasteiger partial charge < -0.3 is 15.2 Å².